The topological polar surface area (TPSA) is 66.4 Å². The molecular weight excluding hydrogens is 304 g/mol. The number of carboxylic acids is 1. The van der Waals surface area contributed by atoms with Crippen molar-refractivity contribution in [2.24, 2.45) is 11.8 Å². The minimum absolute atomic E-state index is 0.157. The van der Waals surface area contributed by atoms with Crippen LogP contribution in [0.15, 0.2) is 12.1 Å². The number of carbonyl (C=O) groups excluding carboxylic acids is 1. The lowest BCUT2D eigenvalue weighted by molar-refractivity contribution is -0.142. The van der Waals surface area contributed by atoms with Gasteiger partial charge in [0.25, 0.3) is 5.91 Å². The minimum atomic E-state index is -1.16. The van der Waals surface area contributed by atoms with Crippen LogP contribution in [0.5, 0.6) is 0 Å². The Morgan fingerprint density at radius 1 is 1.29 bits per heavy atom. The fraction of sp³-hybridized carbons (Fsp3) is 0.429. The van der Waals surface area contributed by atoms with E-state index in [0.717, 1.165) is 18.6 Å². The van der Waals surface area contributed by atoms with Gasteiger partial charge in [-0.25, -0.2) is 8.78 Å². The van der Waals surface area contributed by atoms with E-state index in [1.807, 2.05) is 0 Å². The molecule has 0 bridgehead atoms. The van der Waals surface area contributed by atoms with Crippen molar-refractivity contribution in [2.75, 3.05) is 6.54 Å². The summed E-state index contributed by atoms with van der Waals surface area (Å²) in [4.78, 5) is 23.0. The molecule has 2 atom stereocenters. The summed E-state index contributed by atoms with van der Waals surface area (Å²) < 4.78 is 26.1. The standard InChI is InChI=1S/C14H14ClF2NO3/c15-10-5-12(17)11(16)4-9(10)13(19)18-6-7-2-1-3-8(7)14(20)21/h4-5,7-8H,1-3,6H2,(H,18,19)(H,20,21). The second-order valence-corrected chi connectivity index (χ2v) is 5.50. The molecular formula is C14H14ClF2NO3. The number of hydrogen-bond donors (Lipinski definition) is 2. The Kier molecular flexibility index (Phi) is 4.77. The van der Waals surface area contributed by atoms with Gasteiger partial charge in [0.15, 0.2) is 11.6 Å². The van der Waals surface area contributed by atoms with Crippen LogP contribution < -0.4 is 5.32 Å². The van der Waals surface area contributed by atoms with E-state index in [9.17, 15) is 18.4 Å². The molecule has 2 N–H and O–H groups in total. The van der Waals surface area contributed by atoms with Crippen LogP contribution in [0.2, 0.25) is 5.02 Å². The Balaban J connectivity index is 2.02. The fourth-order valence-corrected chi connectivity index (χ4v) is 2.86. The summed E-state index contributed by atoms with van der Waals surface area (Å²) in [5.74, 6) is -4.44. The fourth-order valence-electron chi connectivity index (χ4n) is 2.62. The molecule has 2 rings (SSSR count). The second kappa shape index (κ2) is 6.39. The number of rotatable bonds is 4. The van der Waals surface area contributed by atoms with E-state index in [1.54, 1.807) is 0 Å². The van der Waals surface area contributed by atoms with E-state index in [-0.39, 0.29) is 23.0 Å². The van der Waals surface area contributed by atoms with Gasteiger partial charge in [-0.1, -0.05) is 18.0 Å². The van der Waals surface area contributed by atoms with Crippen molar-refractivity contribution in [2.45, 2.75) is 19.3 Å². The maximum absolute atomic E-state index is 13.1. The van der Waals surface area contributed by atoms with Gasteiger partial charge in [-0.2, -0.15) is 0 Å². The second-order valence-electron chi connectivity index (χ2n) is 5.09. The summed E-state index contributed by atoms with van der Waals surface area (Å²) in [6.07, 6.45) is 2.09. The highest BCUT2D eigenvalue weighted by molar-refractivity contribution is 6.33. The number of amides is 1. The van der Waals surface area contributed by atoms with Crippen molar-refractivity contribution < 1.29 is 23.5 Å². The quantitative estimate of drug-likeness (QED) is 0.839. The van der Waals surface area contributed by atoms with Crippen molar-refractivity contribution in [3.05, 3.63) is 34.4 Å². The van der Waals surface area contributed by atoms with Crippen LogP contribution in [0.25, 0.3) is 0 Å². The Hall–Kier alpha value is -1.69. The van der Waals surface area contributed by atoms with E-state index in [2.05, 4.69) is 5.32 Å². The van der Waals surface area contributed by atoms with Gasteiger partial charge in [-0.05, 0) is 30.9 Å². The first-order valence-corrected chi connectivity index (χ1v) is 6.93. The van der Waals surface area contributed by atoms with Crippen molar-refractivity contribution in [3.63, 3.8) is 0 Å². The van der Waals surface area contributed by atoms with Crippen LogP contribution >= 0.6 is 11.6 Å². The number of carbonyl (C=O) groups is 2. The van der Waals surface area contributed by atoms with Crippen molar-refractivity contribution in [1.82, 2.24) is 5.32 Å². The zero-order valence-corrected chi connectivity index (χ0v) is 11.8. The van der Waals surface area contributed by atoms with Gasteiger partial charge in [-0.3, -0.25) is 9.59 Å². The van der Waals surface area contributed by atoms with Gasteiger partial charge in [0.05, 0.1) is 16.5 Å². The van der Waals surface area contributed by atoms with Crippen LogP contribution in [-0.4, -0.2) is 23.5 Å². The van der Waals surface area contributed by atoms with Crippen molar-refractivity contribution >= 4 is 23.5 Å². The predicted molar refractivity (Wildman–Crippen MR) is 72.2 cm³/mol. The molecule has 1 saturated carbocycles. The Bertz CT molecular complexity index is 580. The molecule has 0 spiro atoms. The van der Waals surface area contributed by atoms with Crippen LogP contribution in [-0.2, 0) is 4.79 Å². The molecule has 0 aliphatic heterocycles. The first kappa shape index (κ1) is 15.7. The lowest BCUT2D eigenvalue weighted by Gasteiger charge is -2.16. The molecule has 0 aromatic heterocycles. The zero-order chi connectivity index (χ0) is 15.6. The van der Waals surface area contributed by atoms with Crippen molar-refractivity contribution in [3.8, 4) is 0 Å². The Morgan fingerprint density at radius 2 is 1.95 bits per heavy atom. The maximum atomic E-state index is 13.1. The lowest BCUT2D eigenvalue weighted by Crippen LogP contribution is -2.33. The van der Waals surface area contributed by atoms with Crippen LogP contribution in [0.4, 0.5) is 8.78 Å². The minimum Gasteiger partial charge on any atom is -0.481 e. The molecule has 0 radical (unpaired) electrons. The summed E-state index contributed by atoms with van der Waals surface area (Å²) in [7, 11) is 0. The number of aliphatic carboxylic acids is 1. The number of hydrogen-bond acceptors (Lipinski definition) is 2. The molecule has 1 amide bonds. The number of halogens is 3. The van der Waals surface area contributed by atoms with Gasteiger partial charge in [0.2, 0.25) is 0 Å². The monoisotopic (exact) mass is 317 g/mol. The van der Waals surface area contributed by atoms with E-state index in [4.69, 9.17) is 16.7 Å². The third kappa shape index (κ3) is 3.50. The molecule has 0 saturated heterocycles. The molecule has 114 valence electrons. The highest BCUT2D eigenvalue weighted by atomic mass is 35.5. The number of carboxylic acid groups (broad SMARTS) is 1. The highest BCUT2D eigenvalue weighted by Crippen LogP contribution is 2.31. The SMILES string of the molecule is O=C(NCC1CCCC1C(=O)O)c1cc(F)c(F)cc1Cl. The summed E-state index contributed by atoms with van der Waals surface area (Å²) in [6, 6.07) is 1.47. The maximum Gasteiger partial charge on any atom is 0.306 e. The lowest BCUT2D eigenvalue weighted by atomic mass is 9.96. The van der Waals surface area contributed by atoms with E-state index in [1.165, 1.54) is 0 Å². The average Bonchev–Trinajstić information content (AvgIpc) is 2.88. The third-order valence-electron chi connectivity index (χ3n) is 3.76. The van der Waals surface area contributed by atoms with Gasteiger partial charge >= 0.3 is 5.97 Å². The van der Waals surface area contributed by atoms with Gasteiger partial charge in [0, 0.05) is 6.54 Å². The summed E-state index contributed by atoms with van der Waals surface area (Å²) in [5.41, 5.74) is -0.166. The molecule has 7 heteroatoms. The highest BCUT2D eigenvalue weighted by Gasteiger charge is 2.33. The molecule has 4 nitrogen and oxygen atoms in total. The Labute approximate surface area is 125 Å². The predicted octanol–water partition coefficient (Wildman–Crippen LogP) is 2.85. The number of nitrogens with one attached hydrogen (secondary N) is 1. The smallest absolute Gasteiger partial charge is 0.306 e. The first-order valence-electron chi connectivity index (χ1n) is 6.55. The number of benzene rings is 1. The molecule has 1 aliphatic carbocycles. The molecule has 21 heavy (non-hydrogen) atoms. The molecule has 1 aliphatic rings. The van der Waals surface area contributed by atoms with Gasteiger partial charge in [-0.15, -0.1) is 0 Å². The van der Waals surface area contributed by atoms with Crippen molar-refractivity contribution in [1.29, 1.82) is 0 Å². The molecule has 1 aromatic rings. The van der Waals surface area contributed by atoms with E-state index >= 15 is 0 Å². The zero-order valence-electron chi connectivity index (χ0n) is 11.0. The van der Waals surface area contributed by atoms with E-state index < -0.39 is 29.4 Å². The normalized spacial score (nSPS) is 21.3. The van der Waals surface area contributed by atoms with Gasteiger partial charge < -0.3 is 10.4 Å². The largest absolute Gasteiger partial charge is 0.481 e. The van der Waals surface area contributed by atoms with Crippen LogP contribution in [0, 0.1) is 23.5 Å². The third-order valence-corrected chi connectivity index (χ3v) is 4.07. The van der Waals surface area contributed by atoms with Crippen LogP contribution in [0.1, 0.15) is 29.6 Å². The molecule has 1 fully saturated rings. The first-order chi connectivity index (χ1) is 9.90. The van der Waals surface area contributed by atoms with Gasteiger partial charge in [0.1, 0.15) is 0 Å². The van der Waals surface area contributed by atoms with E-state index in [0.29, 0.717) is 12.8 Å². The molecule has 1 aromatic carbocycles. The summed E-state index contributed by atoms with van der Waals surface area (Å²) in [6.45, 7) is 0.172. The van der Waals surface area contributed by atoms with Crippen LogP contribution in [0.3, 0.4) is 0 Å². The molecule has 2 unspecified atom stereocenters. The summed E-state index contributed by atoms with van der Waals surface area (Å²) >= 11 is 5.71. The average molecular weight is 318 g/mol. The summed E-state index contributed by atoms with van der Waals surface area (Å²) in [5, 5.41) is 11.4. The Morgan fingerprint density at radius 3 is 2.62 bits per heavy atom. The molecule has 0 heterocycles.